The van der Waals surface area contributed by atoms with Crippen molar-refractivity contribution >= 4 is 34.5 Å². The number of fused-ring (bicyclic) bond motifs is 1. The molecule has 3 rings (SSSR count). The molecule has 0 aliphatic heterocycles. The van der Waals surface area contributed by atoms with Crippen LogP contribution in [-0.2, 0) is 11.8 Å². The Morgan fingerprint density at radius 1 is 1.31 bits per heavy atom. The molecule has 142 valence electrons. The van der Waals surface area contributed by atoms with E-state index in [1.165, 1.54) is 0 Å². The summed E-state index contributed by atoms with van der Waals surface area (Å²) < 4.78 is 7.28. The molecular formula is C18H26ClN5O2. The molecule has 1 amide bonds. The minimum atomic E-state index is -0.493. The Kier molecular flexibility index (Phi) is 5.27. The molecule has 2 heterocycles. The average molecular weight is 380 g/mol. The molecule has 26 heavy (non-hydrogen) atoms. The van der Waals surface area contributed by atoms with Crippen LogP contribution in [-0.4, -0.2) is 38.3 Å². The lowest BCUT2D eigenvalue weighted by atomic mass is 9.91. The van der Waals surface area contributed by atoms with Gasteiger partial charge in [-0.1, -0.05) is 0 Å². The van der Waals surface area contributed by atoms with E-state index in [-0.39, 0.29) is 23.5 Å². The van der Waals surface area contributed by atoms with E-state index in [2.05, 4.69) is 20.6 Å². The molecule has 2 N–H and O–H groups in total. The van der Waals surface area contributed by atoms with Crippen molar-refractivity contribution in [2.24, 2.45) is 7.05 Å². The molecule has 1 aliphatic carbocycles. The number of anilines is 1. The Hall–Kier alpha value is -2.02. The van der Waals surface area contributed by atoms with Crippen molar-refractivity contribution in [3.05, 3.63) is 17.5 Å². The highest BCUT2D eigenvalue weighted by molar-refractivity contribution is 6.28. The maximum Gasteiger partial charge on any atom is 0.407 e. The van der Waals surface area contributed by atoms with Crippen molar-refractivity contribution in [3.63, 3.8) is 0 Å². The minimum absolute atomic E-state index is 0.0830. The van der Waals surface area contributed by atoms with Crippen LogP contribution >= 0.6 is 11.6 Å². The predicted molar refractivity (Wildman–Crippen MR) is 103 cm³/mol. The van der Waals surface area contributed by atoms with Gasteiger partial charge < -0.3 is 19.9 Å². The number of hydrogen-bond acceptors (Lipinski definition) is 5. The number of carbonyl (C=O) groups is 1. The van der Waals surface area contributed by atoms with Crippen molar-refractivity contribution in [3.8, 4) is 0 Å². The Labute approximate surface area is 158 Å². The number of aromatic nitrogens is 3. The van der Waals surface area contributed by atoms with E-state index in [4.69, 9.17) is 16.3 Å². The van der Waals surface area contributed by atoms with E-state index in [0.717, 1.165) is 42.5 Å². The van der Waals surface area contributed by atoms with E-state index in [1.54, 1.807) is 0 Å². The first-order valence-electron chi connectivity index (χ1n) is 8.96. The van der Waals surface area contributed by atoms with Gasteiger partial charge in [0.05, 0.1) is 5.39 Å². The van der Waals surface area contributed by atoms with Gasteiger partial charge in [-0.2, -0.15) is 4.98 Å². The summed E-state index contributed by atoms with van der Waals surface area (Å²) in [6, 6.07) is 2.27. The molecule has 2 atom stereocenters. The Bertz CT molecular complexity index is 799. The van der Waals surface area contributed by atoms with Crippen molar-refractivity contribution in [2.75, 3.05) is 5.32 Å². The van der Waals surface area contributed by atoms with Gasteiger partial charge in [0.15, 0.2) is 0 Å². The van der Waals surface area contributed by atoms with E-state index in [0.29, 0.717) is 0 Å². The van der Waals surface area contributed by atoms with Crippen LogP contribution in [0, 0.1) is 0 Å². The number of alkyl carbamates (subject to hydrolysis) is 1. The summed E-state index contributed by atoms with van der Waals surface area (Å²) >= 11 is 6.08. The van der Waals surface area contributed by atoms with Crippen molar-refractivity contribution in [1.82, 2.24) is 19.9 Å². The SMILES string of the molecule is Cn1ccc2c(N[C@@H]3CCC[C@H](NC(=O)OC(C)(C)C)C3)nc(Cl)nc21. The number of amides is 1. The number of rotatable bonds is 3. The average Bonchev–Trinajstić information content (AvgIpc) is 2.87. The fourth-order valence-corrected chi connectivity index (χ4v) is 3.50. The number of aryl methyl sites for hydroxylation is 1. The highest BCUT2D eigenvalue weighted by Crippen LogP contribution is 2.27. The minimum Gasteiger partial charge on any atom is -0.444 e. The van der Waals surface area contributed by atoms with Crippen molar-refractivity contribution in [1.29, 1.82) is 0 Å². The van der Waals surface area contributed by atoms with Crippen LogP contribution in [0.3, 0.4) is 0 Å². The van der Waals surface area contributed by atoms with E-state index >= 15 is 0 Å². The summed E-state index contributed by atoms with van der Waals surface area (Å²) in [6.45, 7) is 5.59. The van der Waals surface area contributed by atoms with Gasteiger partial charge >= 0.3 is 6.09 Å². The number of ether oxygens (including phenoxy) is 1. The maximum atomic E-state index is 12.0. The van der Waals surface area contributed by atoms with Crippen LogP contribution in [0.15, 0.2) is 12.3 Å². The Balaban J connectivity index is 1.67. The zero-order valence-electron chi connectivity index (χ0n) is 15.7. The largest absolute Gasteiger partial charge is 0.444 e. The summed E-state index contributed by atoms with van der Waals surface area (Å²) in [5.41, 5.74) is 0.305. The maximum absolute atomic E-state index is 12.0. The monoisotopic (exact) mass is 379 g/mol. The molecule has 0 radical (unpaired) electrons. The van der Waals surface area contributed by atoms with Crippen molar-refractivity contribution < 1.29 is 9.53 Å². The first kappa shape index (κ1) is 18.8. The Morgan fingerprint density at radius 2 is 2.04 bits per heavy atom. The van der Waals surface area contributed by atoms with Crippen LogP contribution in [0.2, 0.25) is 5.28 Å². The quantitative estimate of drug-likeness (QED) is 0.791. The molecule has 2 aromatic heterocycles. The van der Waals surface area contributed by atoms with Crippen LogP contribution in [0.25, 0.3) is 11.0 Å². The van der Waals surface area contributed by atoms with Gasteiger partial charge in [-0.25, -0.2) is 9.78 Å². The number of hydrogen-bond donors (Lipinski definition) is 2. The lowest BCUT2D eigenvalue weighted by Crippen LogP contribution is -2.44. The zero-order chi connectivity index (χ0) is 18.9. The molecule has 1 fully saturated rings. The molecule has 0 bridgehead atoms. The predicted octanol–water partition coefficient (Wildman–Crippen LogP) is 3.87. The topological polar surface area (TPSA) is 81.1 Å². The zero-order valence-corrected chi connectivity index (χ0v) is 16.4. The van der Waals surface area contributed by atoms with Gasteiger partial charge in [0, 0.05) is 25.3 Å². The lowest BCUT2D eigenvalue weighted by Gasteiger charge is -2.31. The van der Waals surface area contributed by atoms with Crippen molar-refractivity contribution in [2.45, 2.75) is 64.1 Å². The van der Waals surface area contributed by atoms with Crippen LogP contribution < -0.4 is 10.6 Å². The fraction of sp³-hybridized carbons (Fsp3) is 0.611. The highest BCUT2D eigenvalue weighted by Gasteiger charge is 2.26. The molecular weight excluding hydrogens is 354 g/mol. The second kappa shape index (κ2) is 7.31. The summed E-state index contributed by atoms with van der Waals surface area (Å²) in [7, 11) is 1.93. The third-order valence-corrected chi connectivity index (χ3v) is 4.60. The van der Waals surface area contributed by atoms with Gasteiger partial charge in [0.25, 0.3) is 0 Å². The second-order valence-corrected chi connectivity index (χ2v) is 8.19. The summed E-state index contributed by atoms with van der Waals surface area (Å²) in [4.78, 5) is 20.7. The summed E-state index contributed by atoms with van der Waals surface area (Å²) in [5, 5.41) is 7.64. The summed E-state index contributed by atoms with van der Waals surface area (Å²) in [6.07, 6.45) is 5.38. The number of halogens is 1. The van der Waals surface area contributed by atoms with Gasteiger partial charge in [-0.3, -0.25) is 0 Å². The highest BCUT2D eigenvalue weighted by atomic mass is 35.5. The van der Waals surface area contributed by atoms with Gasteiger partial charge in [-0.15, -0.1) is 0 Å². The molecule has 8 heteroatoms. The molecule has 0 spiro atoms. The van der Waals surface area contributed by atoms with Crippen LogP contribution in [0.1, 0.15) is 46.5 Å². The van der Waals surface area contributed by atoms with E-state index < -0.39 is 5.60 Å². The first-order valence-corrected chi connectivity index (χ1v) is 9.34. The first-order chi connectivity index (χ1) is 12.2. The number of nitrogens with one attached hydrogen (secondary N) is 2. The second-order valence-electron chi connectivity index (χ2n) is 7.86. The van der Waals surface area contributed by atoms with Gasteiger partial charge in [0.1, 0.15) is 17.1 Å². The number of nitrogens with zero attached hydrogens (tertiary/aromatic N) is 3. The van der Waals surface area contributed by atoms with Gasteiger partial charge in [-0.05, 0) is 64.1 Å². The molecule has 0 aromatic carbocycles. The van der Waals surface area contributed by atoms with E-state index in [1.807, 2.05) is 44.6 Å². The van der Waals surface area contributed by atoms with E-state index in [9.17, 15) is 4.79 Å². The molecule has 7 nitrogen and oxygen atoms in total. The molecule has 0 saturated heterocycles. The molecule has 2 aromatic rings. The third kappa shape index (κ3) is 4.58. The van der Waals surface area contributed by atoms with Crippen LogP contribution in [0.5, 0.6) is 0 Å². The van der Waals surface area contributed by atoms with Gasteiger partial charge in [0.2, 0.25) is 5.28 Å². The smallest absolute Gasteiger partial charge is 0.407 e. The third-order valence-electron chi connectivity index (χ3n) is 4.43. The van der Waals surface area contributed by atoms with Crippen LogP contribution in [0.4, 0.5) is 10.6 Å². The molecule has 1 saturated carbocycles. The molecule has 1 aliphatic rings. The Morgan fingerprint density at radius 3 is 2.77 bits per heavy atom. The summed E-state index contributed by atoms with van der Waals surface area (Å²) in [5.74, 6) is 0.739. The molecule has 0 unspecified atom stereocenters. The fourth-order valence-electron chi connectivity index (χ4n) is 3.34. The number of carbonyl (C=O) groups excluding carboxylic acids is 1. The normalized spacial score (nSPS) is 20.8. The standard InChI is InChI=1S/C18H26ClN5O2/c1-18(2,3)26-17(25)21-12-7-5-6-11(10-12)20-14-13-8-9-24(4)15(13)23-16(19)22-14/h8-9,11-12H,5-7,10H2,1-4H3,(H,21,25)(H,20,22,23)/t11-,12+/m1/s1. The lowest BCUT2D eigenvalue weighted by molar-refractivity contribution is 0.0492.